The SMILES string of the molecule is CCC[C@H](C(=O)NO)N1C(=O)[C@H](Cc2ccc(I)cc2)O[C@@H](c2ccc(Cl)cc2)[C@H]1c1ccc(Cl)cc1. The third-order valence-electron chi connectivity index (χ3n) is 6.48. The van der Waals surface area contributed by atoms with E-state index in [1.807, 2.05) is 55.5 Å². The van der Waals surface area contributed by atoms with Crippen LogP contribution in [0.15, 0.2) is 72.8 Å². The Balaban J connectivity index is 1.85. The second-order valence-corrected chi connectivity index (χ2v) is 11.1. The summed E-state index contributed by atoms with van der Waals surface area (Å²) in [5.74, 6) is -0.954. The fourth-order valence-electron chi connectivity index (χ4n) is 4.73. The maximum Gasteiger partial charge on any atom is 0.266 e. The molecule has 2 amide bonds. The van der Waals surface area contributed by atoms with Gasteiger partial charge in [0, 0.05) is 20.0 Å². The van der Waals surface area contributed by atoms with Crippen LogP contribution in [0.25, 0.3) is 0 Å². The normalized spacial score (nSPS) is 20.5. The van der Waals surface area contributed by atoms with Crippen molar-refractivity contribution >= 4 is 57.6 Å². The van der Waals surface area contributed by atoms with Gasteiger partial charge in [-0.3, -0.25) is 14.8 Å². The molecule has 1 aliphatic rings. The van der Waals surface area contributed by atoms with Crippen LogP contribution in [0.2, 0.25) is 10.0 Å². The molecule has 0 aromatic heterocycles. The summed E-state index contributed by atoms with van der Waals surface area (Å²) in [6.45, 7) is 1.93. The summed E-state index contributed by atoms with van der Waals surface area (Å²) in [5, 5.41) is 10.7. The van der Waals surface area contributed by atoms with Gasteiger partial charge < -0.3 is 9.64 Å². The van der Waals surface area contributed by atoms with Crippen molar-refractivity contribution in [1.82, 2.24) is 10.4 Å². The van der Waals surface area contributed by atoms with Gasteiger partial charge in [0.15, 0.2) is 0 Å². The number of rotatable bonds is 8. The molecule has 1 aliphatic heterocycles. The molecule has 0 radical (unpaired) electrons. The fourth-order valence-corrected chi connectivity index (χ4v) is 5.34. The molecule has 0 spiro atoms. The van der Waals surface area contributed by atoms with Gasteiger partial charge in [-0.2, -0.15) is 0 Å². The first-order valence-electron chi connectivity index (χ1n) is 12.0. The monoisotopic (exact) mass is 652 g/mol. The van der Waals surface area contributed by atoms with E-state index in [0.29, 0.717) is 29.3 Å². The van der Waals surface area contributed by atoms with E-state index in [-0.39, 0.29) is 5.91 Å². The Morgan fingerprint density at radius 3 is 2.11 bits per heavy atom. The molecule has 4 rings (SSSR count). The second-order valence-electron chi connectivity index (χ2n) is 8.95. The maximum atomic E-state index is 14.1. The molecule has 1 heterocycles. The minimum atomic E-state index is -0.902. The summed E-state index contributed by atoms with van der Waals surface area (Å²) in [4.78, 5) is 28.6. The van der Waals surface area contributed by atoms with Gasteiger partial charge in [0.05, 0.1) is 6.04 Å². The molecule has 194 valence electrons. The lowest BCUT2D eigenvalue weighted by atomic mass is 9.88. The maximum absolute atomic E-state index is 14.1. The van der Waals surface area contributed by atoms with Crippen LogP contribution in [0.5, 0.6) is 0 Å². The molecule has 0 saturated carbocycles. The van der Waals surface area contributed by atoms with Crippen molar-refractivity contribution < 1.29 is 19.5 Å². The van der Waals surface area contributed by atoms with Gasteiger partial charge in [-0.15, -0.1) is 0 Å². The van der Waals surface area contributed by atoms with E-state index >= 15 is 0 Å². The Labute approximate surface area is 240 Å². The van der Waals surface area contributed by atoms with E-state index in [2.05, 4.69) is 22.6 Å². The second kappa shape index (κ2) is 12.6. The molecule has 3 aromatic carbocycles. The summed E-state index contributed by atoms with van der Waals surface area (Å²) in [7, 11) is 0. The van der Waals surface area contributed by atoms with E-state index in [4.69, 9.17) is 27.9 Å². The predicted octanol–water partition coefficient (Wildman–Crippen LogP) is 6.52. The largest absolute Gasteiger partial charge is 0.358 e. The highest BCUT2D eigenvalue weighted by Gasteiger charge is 2.48. The number of hydrogen-bond donors (Lipinski definition) is 2. The van der Waals surface area contributed by atoms with E-state index in [1.54, 1.807) is 34.6 Å². The molecule has 2 N–H and O–H groups in total. The van der Waals surface area contributed by atoms with Crippen molar-refractivity contribution in [3.05, 3.63) is 103 Å². The molecule has 4 atom stereocenters. The Hall–Kier alpha value is -2.17. The molecule has 0 aliphatic carbocycles. The van der Waals surface area contributed by atoms with Gasteiger partial charge in [-0.1, -0.05) is 72.9 Å². The number of amides is 2. The van der Waals surface area contributed by atoms with Crippen LogP contribution >= 0.6 is 45.8 Å². The highest BCUT2D eigenvalue weighted by molar-refractivity contribution is 14.1. The summed E-state index contributed by atoms with van der Waals surface area (Å²) >= 11 is 14.6. The van der Waals surface area contributed by atoms with E-state index in [9.17, 15) is 14.8 Å². The van der Waals surface area contributed by atoms with Gasteiger partial charge in [-0.05, 0) is 82.1 Å². The first-order chi connectivity index (χ1) is 17.8. The molecule has 1 fully saturated rings. The van der Waals surface area contributed by atoms with Crippen LogP contribution in [0, 0.1) is 3.57 Å². The highest BCUT2D eigenvalue weighted by Crippen LogP contribution is 2.44. The lowest BCUT2D eigenvalue weighted by Gasteiger charge is -2.47. The van der Waals surface area contributed by atoms with Crippen molar-refractivity contribution in [2.75, 3.05) is 0 Å². The van der Waals surface area contributed by atoms with Crippen LogP contribution in [0.1, 0.15) is 48.6 Å². The molecular weight excluding hydrogens is 626 g/mol. The van der Waals surface area contributed by atoms with Crippen LogP contribution in [0.3, 0.4) is 0 Å². The topological polar surface area (TPSA) is 78.9 Å². The number of halogens is 3. The summed E-state index contributed by atoms with van der Waals surface area (Å²) < 4.78 is 7.65. The van der Waals surface area contributed by atoms with Crippen LogP contribution < -0.4 is 5.48 Å². The number of carbonyl (C=O) groups is 2. The summed E-state index contributed by atoms with van der Waals surface area (Å²) in [6, 6.07) is 20.8. The smallest absolute Gasteiger partial charge is 0.266 e. The van der Waals surface area contributed by atoms with E-state index in [0.717, 1.165) is 20.3 Å². The van der Waals surface area contributed by atoms with E-state index in [1.165, 1.54) is 0 Å². The zero-order chi connectivity index (χ0) is 26.5. The first kappa shape index (κ1) is 27.9. The van der Waals surface area contributed by atoms with Gasteiger partial charge in [-0.25, -0.2) is 5.48 Å². The lowest BCUT2D eigenvalue weighted by Crippen LogP contribution is -2.58. The third-order valence-corrected chi connectivity index (χ3v) is 7.71. The van der Waals surface area contributed by atoms with Gasteiger partial charge in [0.25, 0.3) is 11.8 Å². The minimum absolute atomic E-state index is 0.314. The number of nitrogens with one attached hydrogen (secondary N) is 1. The van der Waals surface area contributed by atoms with Crippen LogP contribution in [0.4, 0.5) is 0 Å². The fraction of sp³-hybridized carbons (Fsp3) is 0.286. The van der Waals surface area contributed by atoms with Gasteiger partial charge >= 0.3 is 0 Å². The molecule has 0 unspecified atom stereocenters. The average molecular weight is 653 g/mol. The van der Waals surface area contributed by atoms with Crippen molar-refractivity contribution in [2.24, 2.45) is 0 Å². The Bertz CT molecular complexity index is 1220. The minimum Gasteiger partial charge on any atom is -0.358 e. The molecule has 37 heavy (non-hydrogen) atoms. The van der Waals surface area contributed by atoms with Crippen molar-refractivity contribution in [2.45, 2.75) is 50.5 Å². The standard InChI is InChI=1S/C28H27Cl2IN2O4/c1-2-3-23(27(34)32-36)33-25(18-6-10-20(29)11-7-18)26(19-8-12-21(30)13-9-19)37-24(28(33)35)16-17-4-14-22(31)15-5-17/h4-15,23-26,36H,2-3,16H2,1H3,(H,32,34)/t23-,24+,25-,26+/m1/s1. The van der Waals surface area contributed by atoms with E-state index < -0.39 is 30.2 Å². The van der Waals surface area contributed by atoms with Gasteiger partial charge in [0.1, 0.15) is 18.2 Å². The Morgan fingerprint density at radius 1 is 1.00 bits per heavy atom. The zero-order valence-corrected chi connectivity index (χ0v) is 23.8. The number of morpholine rings is 1. The Kier molecular flexibility index (Phi) is 9.47. The average Bonchev–Trinajstić information content (AvgIpc) is 2.90. The van der Waals surface area contributed by atoms with Crippen molar-refractivity contribution in [3.8, 4) is 0 Å². The quantitative estimate of drug-likeness (QED) is 0.165. The third kappa shape index (κ3) is 6.46. The number of nitrogens with zero attached hydrogens (tertiary/aromatic N) is 1. The Morgan fingerprint density at radius 2 is 1.57 bits per heavy atom. The first-order valence-corrected chi connectivity index (χ1v) is 13.8. The number of hydroxylamine groups is 1. The molecule has 9 heteroatoms. The van der Waals surface area contributed by atoms with Crippen molar-refractivity contribution in [1.29, 1.82) is 0 Å². The van der Waals surface area contributed by atoms with Gasteiger partial charge in [0.2, 0.25) is 0 Å². The van der Waals surface area contributed by atoms with Crippen molar-refractivity contribution in [3.63, 3.8) is 0 Å². The molecule has 0 bridgehead atoms. The van der Waals surface area contributed by atoms with Crippen LogP contribution in [-0.2, 0) is 20.7 Å². The van der Waals surface area contributed by atoms with Crippen LogP contribution in [-0.4, -0.2) is 34.1 Å². The zero-order valence-electron chi connectivity index (χ0n) is 20.1. The number of ether oxygens (including phenoxy) is 1. The summed E-state index contributed by atoms with van der Waals surface area (Å²) in [5.41, 5.74) is 4.29. The molecule has 1 saturated heterocycles. The molecule has 3 aromatic rings. The molecule has 6 nitrogen and oxygen atoms in total. The lowest BCUT2D eigenvalue weighted by molar-refractivity contribution is -0.182. The predicted molar refractivity (Wildman–Crippen MR) is 152 cm³/mol. The highest BCUT2D eigenvalue weighted by atomic mass is 127. The number of carbonyl (C=O) groups excluding carboxylic acids is 2. The number of hydrogen-bond acceptors (Lipinski definition) is 4. The summed E-state index contributed by atoms with van der Waals surface area (Å²) in [6.07, 6.45) is -0.107. The molecular formula is C28H27Cl2IN2O4. The number of benzene rings is 3.